The number of nitrogens with zero attached hydrogens (tertiary/aromatic N) is 1. The van der Waals surface area contributed by atoms with Crippen molar-refractivity contribution >= 4 is 17.7 Å². The van der Waals surface area contributed by atoms with Gasteiger partial charge in [-0.3, -0.25) is 0 Å². The van der Waals surface area contributed by atoms with Crippen LogP contribution in [0.1, 0.15) is 28.8 Å². The third-order valence-electron chi connectivity index (χ3n) is 3.81. The molecule has 1 heterocycles. The van der Waals surface area contributed by atoms with Gasteiger partial charge >= 0.3 is 12.0 Å². The number of carboxylic acid groups (broad SMARTS) is 1. The number of hydrogen-bond acceptors (Lipinski definition) is 3. The summed E-state index contributed by atoms with van der Waals surface area (Å²) in [5, 5.41) is 20.9. The van der Waals surface area contributed by atoms with Crippen molar-refractivity contribution in [2.45, 2.75) is 19.8 Å². The monoisotopic (exact) mass is 292 g/mol. The van der Waals surface area contributed by atoms with E-state index >= 15 is 0 Å². The average molecular weight is 292 g/mol. The summed E-state index contributed by atoms with van der Waals surface area (Å²) < 4.78 is 0. The van der Waals surface area contributed by atoms with Gasteiger partial charge in [0.05, 0.1) is 11.3 Å². The summed E-state index contributed by atoms with van der Waals surface area (Å²) in [5.41, 5.74) is 1.23. The molecule has 0 aromatic heterocycles. The number of anilines is 1. The third-order valence-corrected chi connectivity index (χ3v) is 3.81. The molecule has 114 valence electrons. The summed E-state index contributed by atoms with van der Waals surface area (Å²) in [5.74, 6) is -0.809. The first-order chi connectivity index (χ1) is 10.0. The molecule has 1 saturated heterocycles. The second-order valence-electron chi connectivity index (χ2n) is 5.40. The average Bonchev–Trinajstić information content (AvgIpc) is 2.49. The fourth-order valence-electron chi connectivity index (χ4n) is 2.46. The number of amides is 2. The number of hydrogen-bond donors (Lipinski definition) is 3. The molecule has 1 aliphatic heterocycles. The Bertz CT molecular complexity index is 536. The van der Waals surface area contributed by atoms with Crippen LogP contribution in [0.5, 0.6) is 0 Å². The van der Waals surface area contributed by atoms with Crippen molar-refractivity contribution in [2.24, 2.45) is 5.92 Å². The lowest BCUT2D eigenvalue weighted by Gasteiger charge is -2.31. The van der Waals surface area contributed by atoms with Crippen LogP contribution in [0.4, 0.5) is 10.5 Å². The molecule has 0 unspecified atom stereocenters. The van der Waals surface area contributed by atoms with Gasteiger partial charge in [0.2, 0.25) is 0 Å². The maximum absolute atomic E-state index is 12.2. The Kier molecular flexibility index (Phi) is 4.80. The molecular weight excluding hydrogens is 272 g/mol. The van der Waals surface area contributed by atoms with Crippen LogP contribution >= 0.6 is 0 Å². The number of likely N-dealkylation sites (tertiary alicyclic amines) is 1. The number of carbonyl (C=O) groups is 2. The number of rotatable bonds is 3. The number of piperidine rings is 1. The van der Waals surface area contributed by atoms with Crippen molar-refractivity contribution < 1.29 is 19.8 Å². The van der Waals surface area contributed by atoms with Crippen molar-refractivity contribution in [3.05, 3.63) is 29.3 Å². The molecule has 1 aromatic rings. The van der Waals surface area contributed by atoms with Crippen LogP contribution < -0.4 is 5.32 Å². The summed E-state index contributed by atoms with van der Waals surface area (Å²) in [4.78, 5) is 25.1. The maximum atomic E-state index is 12.2. The highest BCUT2D eigenvalue weighted by molar-refractivity contribution is 6.00. The fraction of sp³-hybridized carbons (Fsp3) is 0.467. The zero-order chi connectivity index (χ0) is 15.4. The van der Waals surface area contributed by atoms with E-state index in [4.69, 9.17) is 5.11 Å². The number of nitrogens with one attached hydrogen (secondary N) is 1. The molecule has 2 rings (SSSR count). The smallest absolute Gasteiger partial charge is 0.337 e. The lowest BCUT2D eigenvalue weighted by atomic mass is 9.98. The Balaban J connectivity index is 2.05. The Labute approximate surface area is 123 Å². The van der Waals surface area contributed by atoms with Crippen LogP contribution in [0.3, 0.4) is 0 Å². The van der Waals surface area contributed by atoms with E-state index in [2.05, 4.69) is 5.32 Å². The molecule has 1 aromatic carbocycles. The zero-order valence-electron chi connectivity index (χ0n) is 12.0. The molecule has 21 heavy (non-hydrogen) atoms. The van der Waals surface area contributed by atoms with E-state index in [1.54, 1.807) is 24.0 Å². The zero-order valence-corrected chi connectivity index (χ0v) is 12.0. The Morgan fingerprint density at radius 3 is 2.57 bits per heavy atom. The molecule has 1 fully saturated rings. The molecule has 6 nitrogen and oxygen atoms in total. The van der Waals surface area contributed by atoms with Crippen molar-refractivity contribution in [1.29, 1.82) is 0 Å². The van der Waals surface area contributed by atoms with Crippen LogP contribution in [-0.2, 0) is 0 Å². The first kappa shape index (κ1) is 15.3. The maximum Gasteiger partial charge on any atom is 0.337 e. The molecule has 1 aliphatic rings. The van der Waals surface area contributed by atoms with Crippen molar-refractivity contribution in [1.82, 2.24) is 4.90 Å². The Morgan fingerprint density at radius 2 is 2.00 bits per heavy atom. The van der Waals surface area contributed by atoms with Gasteiger partial charge in [-0.15, -0.1) is 0 Å². The van der Waals surface area contributed by atoms with Crippen molar-refractivity contribution in [3.63, 3.8) is 0 Å². The number of carboxylic acids is 1. The molecule has 2 amide bonds. The highest BCUT2D eigenvalue weighted by atomic mass is 16.4. The van der Waals surface area contributed by atoms with Crippen LogP contribution in [0, 0.1) is 12.8 Å². The van der Waals surface area contributed by atoms with Crippen molar-refractivity contribution in [3.8, 4) is 0 Å². The van der Waals surface area contributed by atoms with E-state index in [1.807, 2.05) is 0 Å². The summed E-state index contributed by atoms with van der Waals surface area (Å²) in [6, 6.07) is 4.62. The van der Waals surface area contributed by atoms with E-state index in [0.29, 0.717) is 18.8 Å². The molecule has 0 spiro atoms. The largest absolute Gasteiger partial charge is 0.478 e. The molecule has 0 aliphatic carbocycles. The predicted molar refractivity (Wildman–Crippen MR) is 78.5 cm³/mol. The van der Waals surface area contributed by atoms with Crippen LogP contribution in [0.25, 0.3) is 0 Å². The number of aliphatic hydroxyl groups is 1. The summed E-state index contributed by atoms with van der Waals surface area (Å²) in [6.45, 7) is 3.10. The van der Waals surface area contributed by atoms with Crippen LogP contribution in [0.2, 0.25) is 0 Å². The standard InChI is InChI=1S/C15H20N2O4/c1-10-2-3-13(12(8-10)14(19)20)16-15(21)17-6-4-11(9-18)5-7-17/h2-3,8,11,18H,4-7,9H2,1H3,(H,16,21)(H,19,20). The van der Waals surface area contributed by atoms with Crippen LogP contribution in [0.15, 0.2) is 18.2 Å². The van der Waals surface area contributed by atoms with Gasteiger partial charge in [0, 0.05) is 19.7 Å². The first-order valence-corrected chi connectivity index (χ1v) is 7.02. The number of aromatic carboxylic acids is 1. The van der Waals surface area contributed by atoms with E-state index in [9.17, 15) is 14.7 Å². The number of benzene rings is 1. The molecular formula is C15H20N2O4. The van der Waals surface area contributed by atoms with Gasteiger partial charge in [-0.05, 0) is 37.8 Å². The van der Waals surface area contributed by atoms with Gasteiger partial charge in [0.15, 0.2) is 0 Å². The highest BCUT2D eigenvalue weighted by Gasteiger charge is 2.23. The lowest BCUT2D eigenvalue weighted by Crippen LogP contribution is -2.41. The summed E-state index contributed by atoms with van der Waals surface area (Å²) in [7, 11) is 0. The molecule has 0 radical (unpaired) electrons. The van der Waals surface area contributed by atoms with Crippen molar-refractivity contribution in [2.75, 3.05) is 25.0 Å². The SMILES string of the molecule is Cc1ccc(NC(=O)N2CCC(CO)CC2)c(C(=O)O)c1. The fourth-order valence-corrected chi connectivity index (χ4v) is 2.46. The molecule has 6 heteroatoms. The topological polar surface area (TPSA) is 89.9 Å². The molecule has 3 N–H and O–H groups in total. The lowest BCUT2D eigenvalue weighted by molar-refractivity contribution is 0.0698. The number of aryl methyl sites for hydroxylation is 1. The minimum atomic E-state index is -1.06. The Morgan fingerprint density at radius 1 is 1.33 bits per heavy atom. The minimum absolute atomic E-state index is 0.0913. The first-order valence-electron chi connectivity index (χ1n) is 7.02. The summed E-state index contributed by atoms with van der Waals surface area (Å²) >= 11 is 0. The van der Waals surface area contributed by atoms with E-state index in [-0.39, 0.29) is 24.1 Å². The predicted octanol–water partition coefficient (Wildman–Crippen LogP) is 1.93. The van der Waals surface area contributed by atoms with E-state index in [0.717, 1.165) is 18.4 Å². The van der Waals surface area contributed by atoms with Gasteiger partial charge in [-0.2, -0.15) is 0 Å². The van der Waals surface area contributed by atoms with Gasteiger partial charge in [-0.1, -0.05) is 11.6 Å². The third kappa shape index (κ3) is 3.72. The summed E-state index contributed by atoms with van der Waals surface area (Å²) in [6.07, 6.45) is 1.53. The van der Waals surface area contributed by atoms with Crippen LogP contribution in [-0.4, -0.2) is 46.8 Å². The van der Waals surface area contributed by atoms with Gasteiger partial charge < -0.3 is 20.4 Å². The highest BCUT2D eigenvalue weighted by Crippen LogP contribution is 2.20. The second kappa shape index (κ2) is 6.58. The second-order valence-corrected chi connectivity index (χ2v) is 5.40. The number of aliphatic hydroxyl groups excluding tert-OH is 1. The molecule has 0 atom stereocenters. The van der Waals surface area contributed by atoms with Gasteiger partial charge in [0.1, 0.15) is 0 Å². The number of urea groups is 1. The molecule has 0 saturated carbocycles. The molecule has 0 bridgehead atoms. The van der Waals surface area contributed by atoms with Gasteiger partial charge in [0.25, 0.3) is 0 Å². The Hall–Kier alpha value is -2.08. The van der Waals surface area contributed by atoms with E-state index in [1.165, 1.54) is 6.07 Å². The van der Waals surface area contributed by atoms with E-state index < -0.39 is 5.97 Å². The normalized spacial score (nSPS) is 15.8. The number of carbonyl (C=O) groups excluding carboxylic acids is 1. The van der Waals surface area contributed by atoms with Gasteiger partial charge in [-0.25, -0.2) is 9.59 Å². The quantitative estimate of drug-likeness (QED) is 0.794. The minimum Gasteiger partial charge on any atom is -0.478 e.